The minimum atomic E-state index is -0.589. The van der Waals surface area contributed by atoms with Crippen LogP contribution in [-0.2, 0) is 14.3 Å². The number of anilines is 2. The molecule has 0 fully saturated rings. The summed E-state index contributed by atoms with van der Waals surface area (Å²) < 4.78 is 5.29. The lowest BCUT2D eigenvalue weighted by Gasteiger charge is -2.13. The van der Waals surface area contributed by atoms with Gasteiger partial charge in [-0.25, -0.2) is 4.79 Å². The molecular weight excluding hydrogens is 701 g/mol. The lowest BCUT2D eigenvalue weighted by Crippen LogP contribution is -2.30. The van der Waals surface area contributed by atoms with Crippen molar-refractivity contribution in [3.8, 4) is 11.1 Å². The first kappa shape index (κ1) is 35.4. The number of halogens is 2. The van der Waals surface area contributed by atoms with Crippen molar-refractivity contribution in [3.63, 3.8) is 0 Å². The fourth-order valence-electron chi connectivity index (χ4n) is 4.58. The number of ether oxygens (including phenoxy) is 1. The number of amides is 3. The van der Waals surface area contributed by atoms with Crippen LogP contribution < -0.4 is 16.0 Å². The van der Waals surface area contributed by atoms with Crippen molar-refractivity contribution in [1.82, 2.24) is 5.32 Å². The van der Waals surface area contributed by atoms with Crippen LogP contribution in [0.15, 0.2) is 119 Å². The summed E-state index contributed by atoms with van der Waals surface area (Å²) in [5, 5.41) is 11.3. The summed E-state index contributed by atoms with van der Waals surface area (Å²) in [6, 6.07) is 29.7. The molecular formula is C37H29Cl2N3O5S2. The number of benzene rings is 4. The van der Waals surface area contributed by atoms with Crippen molar-refractivity contribution in [2.75, 3.05) is 23.0 Å². The number of thiophene rings is 1. The zero-order valence-corrected chi connectivity index (χ0v) is 29.1. The van der Waals surface area contributed by atoms with Crippen LogP contribution in [0.2, 0.25) is 10.0 Å². The summed E-state index contributed by atoms with van der Waals surface area (Å²) in [5.74, 6) is -1.87. The van der Waals surface area contributed by atoms with Crippen LogP contribution >= 0.6 is 46.3 Å². The van der Waals surface area contributed by atoms with Gasteiger partial charge in [0.15, 0.2) is 0 Å². The Labute approximate surface area is 301 Å². The predicted octanol–water partition coefficient (Wildman–Crippen LogP) is 9.04. The van der Waals surface area contributed by atoms with Gasteiger partial charge in [-0.3, -0.25) is 14.4 Å². The maximum atomic E-state index is 13.5. The van der Waals surface area contributed by atoms with Gasteiger partial charge in [0.25, 0.3) is 11.8 Å². The first-order valence-electron chi connectivity index (χ1n) is 14.9. The van der Waals surface area contributed by atoms with E-state index in [-0.39, 0.29) is 24.0 Å². The molecule has 0 spiro atoms. The van der Waals surface area contributed by atoms with E-state index in [4.69, 9.17) is 27.9 Å². The van der Waals surface area contributed by atoms with Crippen molar-refractivity contribution < 1.29 is 23.9 Å². The number of rotatable bonds is 12. The summed E-state index contributed by atoms with van der Waals surface area (Å²) in [6.07, 6.45) is 1.47. The first-order chi connectivity index (χ1) is 23.7. The van der Waals surface area contributed by atoms with E-state index in [2.05, 4.69) is 16.0 Å². The highest BCUT2D eigenvalue weighted by molar-refractivity contribution is 8.00. The van der Waals surface area contributed by atoms with E-state index >= 15 is 0 Å². The Kier molecular flexibility index (Phi) is 12.3. The number of hydrogen-bond donors (Lipinski definition) is 3. The molecule has 4 aromatic carbocycles. The number of esters is 1. The van der Waals surface area contributed by atoms with Crippen LogP contribution in [0.4, 0.5) is 10.7 Å². The number of nitrogens with one attached hydrogen (secondary N) is 3. The molecule has 0 aliphatic carbocycles. The fourth-order valence-corrected chi connectivity index (χ4v) is 6.77. The highest BCUT2D eigenvalue weighted by Gasteiger charge is 2.23. The summed E-state index contributed by atoms with van der Waals surface area (Å²) in [4.78, 5) is 53.1. The molecule has 0 saturated carbocycles. The highest BCUT2D eigenvalue weighted by Crippen LogP contribution is 2.36. The third-order valence-electron chi connectivity index (χ3n) is 6.86. The molecule has 3 amide bonds. The second-order valence-electron chi connectivity index (χ2n) is 10.3. The van der Waals surface area contributed by atoms with E-state index < -0.39 is 17.8 Å². The number of hydrogen-bond acceptors (Lipinski definition) is 7. The van der Waals surface area contributed by atoms with Gasteiger partial charge in [0.05, 0.1) is 12.4 Å². The van der Waals surface area contributed by atoms with Gasteiger partial charge in [-0.15, -0.1) is 23.1 Å². The molecule has 0 bridgehead atoms. The summed E-state index contributed by atoms with van der Waals surface area (Å²) >= 11 is 14.9. The van der Waals surface area contributed by atoms with E-state index in [9.17, 15) is 19.2 Å². The molecule has 0 saturated heterocycles. The molecule has 8 nitrogen and oxygen atoms in total. The lowest BCUT2D eigenvalue weighted by molar-refractivity contribution is -0.114. The zero-order chi connectivity index (χ0) is 34.8. The molecule has 0 atom stereocenters. The number of carbonyl (C=O) groups excluding carboxylic acids is 4. The largest absolute Gasteiger partial charge is 0.462 e. The molecule has 248 valence electrons. The van der Waals surface area contributed by atoms with Gasteiger partial charge in [0, 0.05) is 37.1 Å². The lowest BCUT2D eigenvalue weighted by atomic mass is 10.0. The minimum Gasteiger partial charge on any atom is -0.462 e. The molecule has 0 aliphatic heterocycles. The average Bonchev–Trinajstić information content (AvgIpc) is 3.52. The molecule has 5 aromatic rings. The Morgan fingerprint density at radius 3 is 2.31 bits per heavy atom. The van der Waals surface area contributed by atoms with E-state index in [1.807, 2.05) is 35.7 Å². The van der Waals surface area contributed by atoms with Gasteiger partial charge in [0.2, 0.25) is 5.91 Å². The Hall–Kier alpha value is -4.87. The molecule has 0 unspecified atom stereocenters. The van der Waals surface area contributed by atoms with Crippen molar-refractivity contribution in [2.45, 2.75) is 11.8 Å². The molecule has 0 radical (unpaired) electrons. The van der Waals surface area contributed by atoms with Gasteiger partial charge in [-0.05, 0) is 66.6 Å². The third-order valence-corrected chi connectivity index (χ3v) is 9.31. The van der Waals surface area contributed by atoms with Crippen molar-refractivity contribution >= 4 is 86.8 Å². The maximum absolute atomic E-state index is 13.5. The van der Waals surface area contributed by atoms with Crippen LogP contribution in [0.1, 0.15) is 33.2 Å². The van der Waals surface area contributed by atoms with Crippen molar-refractivity contribution in [3.05, 3.63) is 141 Å². The van der Waals surface area contributed by atoms with E-state index in [1.165, 1.54) is 29.2 Å². The number of carbonyl (C=O) groups is 4. The summed E-state index contributed by atoms with van der Waals surface area (Å²) in [6.45, 7) is 1.93. The van der Waals surface area contributed by atoms with Gasteiger partial charge in [0.1, 0.15) is 16.3 Å². The van der Waals surface area contributed by atoms with Gasteiger partial charge in [-0.1, -0.05) is 83.9 Å². The Bertz CT molecular complexity index is 2020. The summed E-state index contributed by atoms with van der Waals surface area (Å²) in [7, 11) is 0. The van der Waals surface area contributed by atoms with Crippen molar-refractivity contribution in [2.24, 2.45) is 0 Å². The standard InChI is InChI=1S/C37H29Cl2N3O5S2/c1-2-47-37(46)33-29(23-10-5-3-6-11-23)21-49-36(33)42-32(43)22-48-28-15-9-14-27(20-28)40-35(45)31(18-25-16-17-26(38)19-30(25)39)41-34(44)24-12-7-4-8-13-24/h3-21H,2,22H2,1H3,(H,40,45)(H,41,44)(H,42,43)/b31-18+. The molecule has 1 heterocycles. The second kappa shape index (κ2) is 17.0. The predicted molar refractivity (Wildman–Crippen MR) is 198 cm³/mol. The molecule has 1 aromatic heterocycles. The quantitative estimate of drug-likeness (QED) is 0.0671. The minimum absolute atomic E-state index is 0.0333. The second-order valence-corrected chi connectivity index (χ2v) is 13.1. The monoisotopic (exact) mass is 729 g/mol. The zero-order valence-electron chi connectivity index (χ0n) is 26.0. The van der Waals surface area contributed by atoms with Crippen LogP contribution in [0.25, 0.3) is 17.2 Å². The third kappa shape index (κ3) is 9.61. The van der Waals surface area contributed by atoms with Gasteiger partial charge < -0.3 is 20.7 Å². The van der Waals surface area contributed by atoms with E-state index in [0.717, 1.165) is 5.56 Å². The van der Waals surface area contributed by atoms with Crippen LogP contribution in [0.5, 0.6) is 0 Å². The highest BCUT2D eigenvalue weighted by atomic mass is 35.5. The summed E-state index contributed by atoms with van der Waals surface area (Å²) in [5.41, 5.74) is 3.07. The topological polar surface area (TPSA) is 114 Å². The normalized spacial score (nSPS) is 11.0. The SMILES string of the molecule is CCOC(=O)c1c(-c2ccccc2)csc1NC(=O)CSc1cccc(NC(=O)/C(=C\c2ccc(Cl)cc2Cl)NC(=O)c2ccccc2)c1. The van der Waals surface area contributed by atoms with Gasteiger partial charge in [-0.2, -0.15) is 0 Å². The molecule has 12 heteroatoms. The van der Waals surface area contributed by atoms with E-state index in [0.29, 0.717) is 47.9 Å². The van der Waals surface area contributed by atoms with Crippen LogP contribution in [0.3, 0.4) is 0 Å². The Morgan fingerprint density at radius 2 is 1.59 bits per heavy atom. The van der Waals surface area contributed by atoms with Crippen LogP contribution in [0, 0.1) is 0 Å². The van der Waals surface area contributed by atoms with Crippen molar-refractivity contribution in [1.29, 1.82) is 0 Å². The van der Waals surface area contributed by atoms with Crippen LogP contribution in [-0.4, -0.2) is 36.1 Å². The molecule has 5 rings (SSSR count). The molecule has 49 heavy (non-hydrogen) atoms. The maximum Gasteiger partial charge on any atom is 0.341 e. The van der Waals surface area contributed by atoms with E-state index in [1.54, 1.807) is 79.7 Å². The smallest absolute Gasteiger partial charge is 0.341 e. The average molecular weight is 731 g/mol. The molecule has 3 N–H and O–H groups in total. The molecule has 0 aliphatic rings. The first-order valence-corrected chi connectivity index (χ1v) is 17.5. The Morgan fingerprint density at radius 1 is 0.857 bits per heavy atom. The number of thioether (sulfide) groups is 1. The Balaban J connectivity index is 1.28. The fraction of sp³-hybridized carbons (Fsp3) is 0.0811. The van der Waals surface area contributed by atoms with Gasteiger partial charge >= 0.3 is 5.97 Å².